The third-order valence-electron chi connectivity index (χ3n) is 3.54. The van der Waals surface area contributed by atoms with Gasteiger partial charge in [0.15, 0.2) is 0 Å². The van der Waals surface area contributed by atoms with Gasteiger partial charge in [-0.3, -0.25) is 4.79 Å². The van der Waals surface area contributed by atoms with Gasteiger partial charge in [-0.25, -0.2) is 4.39 Å². The van der Waals surface area contributed by atoms with Crippen LogP contribution in [0, 0.1) is 11.7 Å². The molecule has 2 atom stereocenters. The second-order valence-corrected chi connectivity index (χ2v) is 5.38. The zero-order chi connectivity index (χ0) is 14.1. The van der Waals surface area contributed by atoms with Crippen molar-refractivity contribution in [2.45, 2.75) is 12.3 Å². The molecule has 1 aliphatic rings. The lowest BCUT2D eigenvalue weighted by Crippen LogP contribution is -2.14. The lowest BCUT2D eigenvalue weighted by molar-refractivity contribution is -0.117. The molecule has 102 valence electrons. The van der Waals surface area contributed by atoms with E-state index in [1.165, 1.54) is 12.1 Å². The van der Waals surface area contributed by atoms with Crippen LogP contribution >= 0.6 is 11.6 Å². The maximum atomic E-state index is 13.2. The summed E-state index contributed by atoms with van der Waals surface area (Å²) in [5, 5.41) is 3.34. The largest absolute Gasteiger partial charge is 0.325 e. The van der Waals surface area contributed by atoms with Crippen molar-refractivity contribution in [3.05, 3.63) is 64.9 Å². The average molecular weight is 290 g/mol. The van der Waals surface area contributed by atoms with Crippen molar-refractivity contribution in [3.8, 4) is 0 Å². The summed E-state index contributed by atoms with van der Waals surface area (Å²) in [5.41, 5.74) is 1.49. The zero-order valence-electron chi connectivity index (χ0n) is 10.6. The topological polar surface area (TPSA) is 29.1 Å². The van der Waals surface area contributed by atoms with Crippen molar-refractivity contribution in [1.29, 1.82) is 0 Å². The second-order valence-electron chi connectivity index (χ2n) is 4.97. The molecule has 0 unspecified atom stereocenters. The monoisotopic (exact) mass is 289 g/mol. The number of anilines is 1. The number of carbonyl (C=O) groups is 1. The molecule has 4 heteroatoms. The highest BCUT2D eigenvalue weighted by Crippen LogP contribution is 2.48. The first kappa shape index (κ1) is 13.1. The van der Waals surface area contributed by atoms with Crippen molar-refractivity contribution >= 4 is 23.2 Å². The Balaban J connectivity index is 1.68. The Kier molecular flexibility index (Phi) is 3.45. The fraction of sp³-hybridized carbons (Fsp3) is 0.188. The Bertz CT molecular complexity index is 658. The Labute approximate surface area is 121 Å². The molecule has 0 spiro atoms. The molecule has 2 nitrogen and oxygen atoms in total. The summed E-state index contributed by atoms with van der Waals surface area (Å²) in [6.45, 7) is 0. The molecule has 1 aliphatic carbocycles. The number of hydrogen-bond acceptors (Lipinski definition) is 1. The van der Waals surface area contributed by atoms with E-state index in [0.717, 1.165) is 12.0 Å². The summed E-state index contributed by atoms with van der Waals surface area (Å²) in [6, 6.07) is 13.6. The predicted octanol–water partition coefficient (Wildman–Crippen LogP) is 4.22. The minimum Gasteiger partial charge on any atom is -0.325 e. The average Bonchev–Trinajstić information content (AvgIpc) is 3.22. The van der Waals surface area contributed by atoms with Gasteiger partial charge in [0.25, 0.3) is 0 Å². The zero-order valence-corrected chi connectivity index (χ0v) is 11.4. The minimum absolute atomic E-state index is 0.0626. The van der Waals surface area contributed by atoms with Crippen LogP contribution in [0.15, 0.2) is 48.5 Å². The summed E-state index contributed by atoms with van der Waals surface area (Å²) in [5.74, 6) is -0.326. The van der Waals surface area contributed by atoms with Gasteiger partial charge in [0.2, 0.25) is 5.91 Å². The molecule has 2 aromatic carbocycles. The summed E-state index contributed by atoms with van der Waals surface area (Å²) >= 11 is 6.00. The van der Waals surface area contributed by atoms with E-state index in [2.05, 4.69) is 5.32 Å². The highest BCUT2D eigenvalue weighted by atomic mass is 35.5. The lowest BCUT2D eigenvalue weighted by atomic mass is 10.1. The Morgan fingerprint density at radius 2 is 2.00 bits per heavy atom. The van der Waals surface area contributed by atoms with E-state index in [0.29, 0.717) is 10.7 Å². The van der Waals surface area contributed by atoms with E-state index >= 15 is 0 Å². The van der Waals surface area contributed by atoms with Crippen LogP contribution in [0.4, 0.5) is 10.1 Å². The van der Waals surface area contributed by atoms with Crippen molar-refractivity contribution in [2.24, 2.45) is 5.92 Å². The van der Waals surface area contributed by atoms with Gasteiger partial charge in [-0.15, -0.1) is 0 Å². The molecule has 3 rings (SSSR count). The molecular formula is C16H13ClFNO. The molecule has 1 N–H and O–H groups in total. The van der Waals surface area contributed by atoms with Crippen molar-refractivity contribution in [3.63, 3.8) is 0 Å². The summed E-state index contributed by atoms with van der Waals surface area (Å²) in [4.78, 5) is 12.1. The van der Waals surface area contributed by atoms with Crippen LogP contribution in [-0.4, -0.2) is 5.91 Å². The van der Waals surface area contributed by atoms with E-state index in [4.69, 9.17) is 11.6 Å². The fourth-order valence-corrected chi connectivity index (χ4v) is 2.56. The van der Waals surface area contributed by atoms with Crippen LogP contribution in [0.25, 0.3) is 0 Å². The van der Waals surface area contributed by atoms with Gasteiger partial charge in [-0.1, -0.05) is 35.9 Å². The van der Waals surface area contributed by atoms with Gasteiger partial charge in [0, 0.05) is 5.92 Å². The summed E-state index contributed by atoms with van der Waals surface area (Å²) < 4.78 is 13.2. The molecule has 0 aliphatic heterocycles. The minimum atomic E-state index is -0.264. The predicted molar refractivity (Wildman–Crippen MR) is 77.3 cm³/mol. The number of amides is 1. The third kappa shape index (κ3) is 2.68. The SMILES string of the molecule is O=C(Nc1ccccc1Cl)[C@H]1C[C@@H]1c1cccc(F)c1. The number of halogens is 2. The molecule has 1 saturated carbocycles. The molecule has 0 saturated heterocycles. The highest BCUT2D eigenvalue weighted by molar-refractivity contribution is 6.33. The van der Waals surface area contributed by atoms with E-state index < -0.39 is 0 Å². The van der Waals surface area contributed by atoms with Gasteiger partial charge in [-0.05, 0) is 42.2 Å². The quantitative estimate of drug-likeness (QED) is 0.900. The van der Waals surface area contributed by atoms with Crippen LogP contribution in [0.1, 0.15) is 17.9 Å². The molecule has 0 bridgehead atoms. The normalized spacial score (nSPS) is 20.5. The van der Waals surface area contributed by atoms with Crippen LogP contribution in [0.5, 0.6) is 0 Å². The Morgan fingerprint density at radius 3 is 2.75 bits per heavy atom. The molecule has 0 radical (unpaired) electrons. The van der Waals surface area contributed by atoms with Crippen LogP contribution in [-0.2, 0) is 4.79 Å². The van der Waals surface area contributed by atoms with Crippen molar-refractivity contribution < 1.29 is 9.18 Å². The first-order valence-corrected chi connectivity index (χ1v) is 6.84. The summed E-state index contributed by atoms with van der Waals surface area (Å²) in [6.07, 6.45) is 0.750. The van der Waals surface area contributed by atoms with Crippen LogP contribution in [0.3, 0.4) is 0 Å². The molecule has 1 amide bonds. The van der Waals surface area contributed by atoms with Gasteiger partial charge >= 0.3 is 0 Å². The first-order chi connectivity index (χ1) is 9.65. The third-order valence-corrected chi connectivity index (χ3v) is 3.87. The van der Waals surface area contributed by atoms with Gasteiger partial charge in [0.1, 0.15) is 5.82 Å². The number of rotatable bonds is 3. The maximum absolute atomic E-state index is 13.2. The first-order valence-electron chi connectivity index (χ1n) is 6.46. The van der Waals surface area contributed by atoms with Gasteiger partial charge < -0.3 is 5.32 Å². The Morgan fingerprint density at radius 1 is 1.20 bits per heavy atom. The van der Waals surface area contributed by atoms with E-state index in [9.17, 15) is 9.18 Å². The van der Waals surface area contributed by atoms with Crippen molar-refractivity contribution in [2.75, 3.05) is 5.32 Å². The fourth-order valence-electron chi connectivity index (χ4n) is 2.38. The number of para-hydroxylation sites is 1. The smallest absolute Gasteiger partial charge is 0.228 e. The van der Waals surface area contributed by atoms with Crippen molar-refractivity contribution in [1.82, 2.24) is 0 Å². The molecule has 1 fully saturated rings. The maximum Gasteiger partial charge on any atom is 0.228 e. The molecule has 20 heavy (non-hydrogen) atoms. The van der Waals surface area contributed by atoms with E-state index in [1.54, 1.807) is 18.2 Å². The second kappa shape index (κ2) is 5.25. The number of nitrogens with one attached hydrogen (secondary N) is 1. The van der Waals surface area contributed by atoms with Gasteiger partial charge in [0.05, 0.1) is 10.7 Å². The standard InChI is InChI=1S/C16H13ClFNO/c17-14-6-1-2-7-15(14)19-16(20)13-9-12(13)10-4-3-5-11(18)8-10/h1-8,12-13H,9H2,(H,19,20)/t12-,13+/m1/s1. The molecule has 2 aromatic rings. The number of benzene rings is 2. The molecule has 0 aromatic heterocycles. The van der Waals surface area contributed by atoms with Gasteiger partial charge in [-0.2, -0.15) is 0 Å². The number of hydrogen-bond donors (Lipinski definition) is 1. The van der Waals surface area contributed by atoms with E-state index in [-0.39, 0.29) is 23.6 Å². The van der Waals surface area contributed by atoms with Crippen LogP contribution in [0.2, 0.25) is 5.02 Å². The molecule has 0 heterocycles. The Hall–Kier alpha value is -1.87. The molecular weight excluding hydrogens is 277 g/mol. The van der Waals surface area contributed by atoms with Crippen LogP contribution < -0.4 is 5.32 Å². The van der Waals surface area contributed by atoms with E-state index in [1.807, 2.05) is 18.2 Å². The highest BCUT2D eigenvalue weighted by Gasteiger charge is 2.44. The lowest BCUT2D eigenvalue weighted by Gasteiger charge is -2.06. The summed E-state index contributed by atoms with van der Waals surface area (Å²) in [7, 11) is 0. The number of carbonyl (C=O) groups excluding carboxylic acids is 1.